The van der Waals surface area contributed by atoms with Crippen molar-refractivity contribution in [3.05, 3.63) is 0 Å². The molecule has 0 radical (unpaired) electrons. The van der Waals surface area contributed by atoms with Gasteiger partial charge in [0.1, 0.15) is 12.1 Å². The standard InChI is InChI=1S/C11H20N4O3/c1-7(12-4)5-13-8(16)6-15-9(17)11(2,3)14-10(15)18/h7,12H,5-6H2,1-4H3,(H,13,16)(H,14,18). The Morgan fingerprint density at radius 3 is 2.50 bits per heavy atom. The number of nitrogens with one attached hydrogen (secondary N) is 3. The number of likely N-dealkylation sites (N-methyl/N-ethyl adjacent to an activating group) is 1. The molecule has 1 atom stereocenters. The summed E-state index contributed by atoms with van der Waals surface area (Å²) in [4.78, 5) is 35.9. The van der Waals surface area contributed by atoms with Gasteiger partial charge in [0.25, 0.3) is 5.91 Å². The zero-order valence-corrected chi connectivity index (χ0v) is 11.2. The van der Waals surface area contributed by atoms with Gasteiger partial charge in [-0.25, -0.2) is 4.79 Å². The highest BCUT2D eigenvalue weighted by Crippen LogP contribution is 2.15. The smallest absolute Gasteiger partial charge is 0.325 e. The van der Waals surface area contributed by atoms with Gasteiger partial charge in [-0.15, -0.1) is 0 Å². The molecule has 3 N–H and O–H groups in total. The molecule has 1 unspecified atom stereocenters. The van der Waals surface area contributed by atoms with E-state index >= 15 is 0 Å². The fourth-order valence-corrected chi connectivity index (χ4v) is 1.53. The molecule has 0 aromatic carbocycles. The Morgan fingerprint density at radius 1 is 1.44 bits per heavy atom. The molecule has 1 heterocycles. The summed E-state index contributed by atoms with van der Waals surface area (Å²) in [5.41, 5.74) is -0.935. The van der Waals surface area contributed by atoms with Gasteiger partial charge < -0.3 is 16.0 Å². The van der Waals surface area contributed by atoms with E-state index in [1.54, 1.807) is 20.9 Å². The summed E-state index contributed by atoms with van der Waals surface area (Å²) in [6.07, 6.45) is 0. The molecular formula is C11H20N4O3. The van der Waals surface area contributed by atoms with Gasteiger partial charge in [0.15, 0.2) is 0 Å². The van der Waals surface area contributed by atoms with Crippen LogP contribution in [0.15, 0.2) is 0 Å². The fourth-order valence-electron chi connectivity index (χ4n) is 1.53. The molecule has 1 aliphatic heterocycles. The molecule has 0 aliphatic carbocycles. The number of amides is 4. The van der Waals surface area contributed by atoms with Gasteiger partial charge in [-0.05, 0) is 27.8 Å². The molecular weight excluding hydrogens is 236 g/mol. The highest BCUT2D eigenvalue weighted by Gasteiger charge is 2.44. The van der Waals surface area contributed by atoms with Crippen LogP contribution in [0.3, 0.4) is 0 Å². The maximum absolute atomic E-state index is 11.8. The number of carbonyl (C=O) groups excluding carboxylic acids is 3. The summed E-state index contributed by atoms with van der Waals surface area (Å²) in [6, 6.07) is -0.393. The first-order chi connectivity index (χ1) is 8.27. The summed E-state index contributed by atoms with van der Waals surface area (Å²) in [6.45, 7) is 5.33. The topological polar surface area (TPSA) is 90.5 Å². The third kappa shape index (κ3) is 3.19. The number of hydrogen-bond donors (Lipinski definition) is 3. The van der Waals surface area contributed by atoms with Crippen molar-refractivity contribution in [2.75, 3.05) is 20.1 Å². The Hall–Kier alpha value is -1.63. The van der Waals surface area contributed by atoms with Crippen LogP contribution in [0.2, 0.25) is 0 Å². The lowest BCUT2D eigenvalue weighted by Crippen LogP contribution is -2.45. The predicted octanol–water partition coefficient (Wildman–Crippen LogP) is -0.959. The number of hydrogen-bond acceptors (Lipinski definition) is 4. The Labute approximate surface area is 106 Å². The Morgan fingerprint density at radius 2 is 2.06 bits per heavy atom. The number of rotatable bonds is 5. The van der Waals surface area contributed by atoms with E-state index in [1.165, 1.54) is 0 Å². The van der Waals surface area contributed by atoms with Crippen molar-refractivity contribution < 1.29 is 14.4 Å². The second-order valence-electron chi connectivity index (χ2n) is 4.94. The van der Waals surface area contributed by atoms with Crippen LogP contribution in [-0.4, -0.2) is 54.5 Å². The van der Waals surface area contributed by atoms with E-state index in [4.69, 9.17) is 0 Å². The lowest BCUT2D eigenvalue weighted by Gasteiger charge is -2.16. The van der Waals surface area contributed by atoms with Gasteiger partial charge >= 0.3 is 6.03 Å². The minimum atomic E-state index is -0.935. The summed E-state index contributed by atoms with van der Waals surface area (Å²) >= 11 is 0. The van der Waals surface area contributed by atoms with Crippen LogP contribution < -0.4 is 16.0 Å². The van der Waals surface area contributed by atoms with E-state index in [0.717, 1.165) is 4.90 Å². The van der Waals surface area contributed by atoms with Crippen LogP contribution in [0.1, 0.15) is 20.8 Å². The second-order valence-corrected chi connectivity index (χ2v) is 4.94. The van der Waals surface area contributed by atoms with E-state index in [2.05, 4.69) is 16.0 Å². The monoisotopic (exact) mass is 256 g/mol. The Kier molecular flexibility index (Phi) is 4.28. The van der Waals surface area contributed by atoms with Crippen molar-refractivity contribution in [2.45, 2.75) is 32.4 Å². The molecule has 1 fully saturated rings. The summed E-state index contributed by atoms with van der Waals surface area (Å²) in [5, 5.41) is 8.14. The minimum absolute atomic E-state index is 0.133. The van der Waals surface area contributed by atoms with Crippen molar-refractivity contribution in [1.82, 2.24) is 20.9 Å². The lowest BCUT2D eigenvalue weighted by molar-refractivity contribution is -0.134. The van der Waals surface area contributed by atoms with Crippen LogP contribution in [-0.2, 0) is 9.59 Å². The van der Waals surface area contributed by atoms with Crippen molar-refractivity contribution in [3.8, 4) is 0 Å². The lowest BCUT2D eigenvalue weighted by atomic mass is 10.1. The molecule has 18 heavy (non-hydrogen) atoms. The maximum Gasteiger partial charge on any atom is 0.325 e. The molecule has 0 aromatic rings. The summed E-state index contributed by atoms with van der Waals surface area (Å²) in [7, 11) is 1.79. The van der Waals surface area contributed by atoms with Crippen molar-refractivity contribution in [2.24, 2.45) is 0 Å². The van der Waals surface area contributed by atoms with Crippen LogP contribution in [0.5, 0.6) is 0 Å². The number of imide groups is 1. The van der Waals surface area contributed by atoms with E-state index in [0.29, 0.717) is 6.54 Å². The quantitative estimate of drug-likeness (QED) is 0.553. The van der Waals surface area contributed by atoms with Gasteiger partial charge in [-0.1, -0.05) is 0 Å². The van der Waals surface area contributed by atoms with Gasteiger partial charge in [0, 0.05) is 12.6 Å². The van der Waals surface area contributed by atoms with E-state index < -0.39 is 11.6 Å². The largest absolute Gasteiger partial charge is 0.353 e. The molecule has 1 aliphatic rings. The van der Waals surface area contributed by atoms with E-state index in [1.807, 2.05) is 6.92 Å². The van der Waals surface area contributed by atoms with Crippen molar-refractivity contribution in [3.63, 3.8) is 0 Å². The number of carbonyl (C=O) groups is 3. The van der Waals surface area contributed by atoms with Crippen LogP contribution in [0, 0.1) is 0 Å². The third-order valence-corrected chi connectivity index (χ3v) is 2.84. The minimum Gasteiger partial charge on any atom is -0.353 e. The molecule has 0 aromatic heterocycles. The molecule has 7 nitrogen and oxygen atoms in total. The van der Waals surface area contributed by atoms with Gasteiger partial charge in [-0.3, -0.25) is 14.5 Å². The van der Waals surface area contributed by atoms with Crippen molar-refractivity contribution >= 4 is 17.8 Å². The highest BCUT2D eigenvalue weighted by molar-refractivity contribution is 6.08. The summed E-state index contributed by atoms with van der Waals surface area (Å²) in [5.74, 6) is -0.734. The first kappa shape index (κ1) is 14.4. The SMILES string of the molecule is CNC(C)CNC(=O)CN1C(=O)NC(C)(C)C1=O. The number of nitrogens with zero attached hydrogens (tertiary/aromatic N) is 1. The Bertz CT molecular complexity index is 367. The van der Waals surface area contributed by atoms with Crippen LogP contribution in [0.25, 0.3) is 0 Å². The first-order valence-electron chi connectivity index (χ1n) is 5.86. The van der Waals surface area contributed by atoms with E-state index in [-0.39, 0.29) is 24.4 Å². The fraction of sp³-hybridized carbons (Fsp3) is 0.727. The zero-order valence-electron chi connectivity index (χ0n) is 11.2. The van der Waals surface area contributed by atoms with Gasteiger partial charge in [-0.2, -0.15) is 0 Å². The molecule has 0 spiro atoms. The molecule has 0 bridgehead atoms. The summed E-state index contributed by atoms with van der Waals surface area (Å²) < 4.78 is 0. The third-order valence-electron chi connectivity index (χ3n) is 2.84. The predicted molar refractivity (Wildman–Crippen MR) is 65.9 cm³/mol. The molecule has 102 valence electrons. The molecule has 1 saturated heterocycles. The normalized spacial score (nSPS) is 19.7. The molecule has 7 heteroatoms. The van der Waals surface area contributed by atoms with Crippen molar-refractivity contribution in [1.29, 1.82) is 0 Å². The number of urea groups is 1. The molecule has 1 rings (SSSR count). The molecule has 0 saturated carbocycles. The van der Waals surface area contributed by atoms with E-state index in [9.17, 15) is 14.4 Å². The van der Waals surface area contributed by atoms with Crippen LogP contribution in [0.4, 0.5) is 4.79 Å². The highest BCUT2D eigenvalue weighted by atomic mass is 16.2. The second kappa shape index (κ2) is 5.34. The molecule has 4 amide bonds. The Balaban J connectivity index is 2.50. The first-order valence-corrected chi connectivity index (χ1v) is 5.86. The maximum atomic E-state index is 11.8. The zero-order chi connectivity index (χ0) is 13.9. The average molecular weight is 256 g/mol. The van der Waals surface area contributed by atoms with Gasteiger partial charge in [0.2, 0.25) is 5.91 Å². The van der Waals surface area contributed by atoms with Gasteiger partial charge in [0.05, 0.1) is 0 Å². The average Bonchev–Trinajstić information content (AvgIpc) is 2.48. The van der Waals surface area contributed by atoms with Crippen LogP contribution >= 0.6 is 0 Å².